The van der Waals surface area contributed by atoms with Crippen LogP contribution < -0.4 is 15.0 Å². The van der Waals surface area contributed by atoms with E-state index in [0.717, 1.165) is 5.56 Å². The quantitative estimate of drug-likeness (QED) is 0.272. The van der Waals surface area contributed by atoms with Crippen molar-refractivity contribution in [3.05, 3.63) is 141 Å². The first-order chi connectivity index (χ1) is 19.0. The summed E-state index contributed by atoms with van der Waals surface area (Å²) in [6.07, 6.45) is 0. The Labute approximate surface area is 225 Å². The van der Waals surface area contributed by atoms with Gasteiger partial charge in [0.25, 0.3) is 5.91 Å². The lowest BCUT2D eigenvalue weighted by molar-refractivity contribution is -0.528. The number of nitrogens with zero attached hydrogens (tertiary/aromatic N) is 2. The van der Waals surface area contributed by atoms with Gasteiger partial charge in [-0.25, -0.2) is 4.39 Å². The molecule has 0 aliphatic carbocycles. The number of halogens is 1. The van der Waals surface area contributed by atoms with Crippen LogP contribution in [0.3, 0.4) is 0 Å². The minimum absolute atomic E-state index is 0.149. The molecule has 1 amide bonds. The van der Waals surface area contributed by atoms with E-state index in [1.807, 2.05) is 54.6 Å². The smallest absolute Gasteiger partial charge is 0.253 e. The van der Waals surface area contributed by atoms with Crippen LogP contribution in [0.2, 0.25) is 0 Å². The first-order valence-electron chi connectivity index (χ1n) is 12.7. The van der Waals surface area contributed by atoms with Gasteiger partial charge in [-0.2, -0.15) is 0 Å². The first kappa shape index (κ1) is 24.8. The lowest BCUT2D eigenvalue weighted by Crippen LogP contribution is -2.50. The third kappa shape index (κ3) is 3.87. The Morgan fingerprint density at radius 2 is 1.69 bits per heavy atom. The summed E-state index contributed by atoms with van der Waals surface area (Å²) in [6, 6.07) is 27.5. The van der Waals surface area contributed by atoms with Gasteiger partial charge in [0, 0.05) is 21.7 Å². The number of anilines is 1. The highest BCUT2D eigenvalue weighted by molar-refractivity contribution is 6.09. The van der Waals surface area contributed by atoms with E-state index in [1.54, 1.807) is 41.3 Å². The second-order valence-electron chi connectivity index (χ2n) is 9.88. The van der Waals surface area contributed by atoms with Crippen molar-refractivity contribution in [2.75, 3.05) is 12.0 Å². The summed E-state index contributed by atoms with van der Waals surface area (Å²) in [4.78, 5) is 28.8. The van der Waals surface area contributed by atoms with Crippen LogP contribution in [0.1, 0.15) is 34.2 Å². The number of ether oxygens (including phenoxy) is 1. The molecule has 0 saturated carbocycles. The number of carbonyl (C=O) groups excluding carboxylic acids is 1. The van der Waals surface area contributed by atoms with E-state index in [2.05, 4.69) is 5.32 Å². The Balaban J connectivity index is 1.60. The Morgan fingerprint density at radius 3 is 2.44 bits per heavy atom. The summed E-state index contributed by atoms with van der Waals surface area (Å²) in [7, 11) is 1.52. The molecule has 2 aliphatic rings. The average Bonchev–Trinajstić information content (AvgIpc) is 3.44. The number of nitro groups is 1. The number of hydrogen-bond acceptors (Lipinski definition) is 5. The number of methoxy groups -OCH3 is 1. The van der Waals surface area contributed by atoms with Gasteiger partial charge in [0.1, 0.15) is 23.1 Å². The second kappa shape index (κ2) is 9.63. The fourth-order valence-corrected chi connectivity index (χ4v) is 6.23. The van der Waals surface area contributed by atoms with Crippen LogP contribution in [0.15, 0.2) is 103 Å². The van der Waals surface area contributed by atoms with Gasteiger partial charge in [-0.15, -0.1) is 0 Å². The van der Waals surface area contributed by atoms with Gasteiger partial charge in [-0.3, -0.25) is 20.2 Å². The summed E-state index contributed by atoms with van der Waals surface area (Å²) in [5, 5.41) is 16.2. The number of rotatable bonds is 6. The van der Waals surface area contributed by atoms with Crippen LogP contribution in [0, 0.1) is 15.9 Å². The number of benzene rings is 4. The molecule has 4 aromatic rings. The summed E-state index contributed by atoms with van der Waals surface area (Å²) in [5.74, 6) is -1.32. The van der Waals surface area contributed by atoms with Gasteiger partial charge in [0.2, 0.25) is 6.04 Å². The standard InChI is InChI=1S/C31H26FN3O4/c1-39-22-13-9-12-21(18-22)27-29(35(37)38)28(23-14-5-7-16-25(23)32)33-31(27)24-15-6-8-17-26(24)34(30(31)36)19-20-10-3-2-4-11-20/h2-18,27-29,33H,19H2,1H3/t27-,28+,29+,31?/m1/s1. The lowest BCUT2D eigenvalue weighted by Gasteiger charge is -2.31. The molecule has 39 heavy (non-hydrogen) atoms. The molecule has 4 aromatic carbocycles. The lowest BCUT2D eigenvalue weighted by atomic mass is 9.74. The molecular weight excluding hydrogens is 497 g/mol. The highest BCUT2D eigenvalue weighted by atomic mass is 19.1. The molecule has 0 radical (unpaired) electrons. The normalized spacial score (nSPS) is 23.7. The fraction of sp³-hybridized carbons (Fsp3) is 0.194. The number of para-hydroxylation sites is 1. The maximum Gasteiger partial charge on any atom is 0.253 e. The van der Waals surface area contributed by atoms with E-state index in [0.29, 0.717) is 29.1 Å². The highest BCUT2D eigenvalue weighted by Gasteiger charge is 2.68. The third-order valence-electron chi connectivity index (χ3n) is 7.86. The molecule has 1 N–H and O–H groups in total. The highest BCUT2D eigenvalue weighted by Crippen LogP contribution is 2.57. The summed E-state index contributed by atoms with van der Waals surface area (Å²) in [6.45, 7) is 0.290. The third-order valence-corrected chi connectivity index (χ3v) is 7.86. The molecule has 196 valence electrons. The number of hydrogen-bond donors (Lipinski definition) is 1. The molecule has 1 unspecified atom stereocenters. The number of nitrogens with one attached hydrogen (secondary N) is 1. The van der Waals surface area contributed by atoms with E-state index >= 15 is 4.39 Å². The van der Waals surface area contributed by atoms with E-state index in [-0.39, 0.29) is 11.5 Å². The van der Waals surface area contributed by atoms with Gasteiger partial charge in [0.05, 0.1) is 19.6 Å². The first-order valence-corrected chi connectivity index (χ1v) is 12.7. The van der Waals surface area contributed by atoms with Crippen LogP contribution in [0.5, 0.6) is 5.75 Å². The van der Waals surface area contributed by atoms with Crippen LogP contribution in [-0.2, 0) is 16.9 Å². The molecule has 2 heterocycles. The fourth-order valence-electron chi connectivity index (χ4n) is 6.23. The van der Waals surface area contributed by atoms with Gasteiger partial charge in [0.15, 0.2) is 0 Å². The second-order valence-corrected chi connectivity index (χ2v) is 9.88. The van der Waals surface area contributed by atoms with Crippen LogP contribution in [0.25, 0.3) is 0 Å². The van der Waals surface area contributed by atoms with E-state index < -0.39 is 34.3 Å². The number of carbonyl (C=O) groups is 1. The Kier molecular flexibility index (Phi) is 6.12. The molecule has 1 saturated heterocycles. The van der Waals surface area contributed by atoms with Gasteiger partial charge < -0.3 is 9.64 Å². The van der Waals surface area contributed by atoms with E-state index in [9.17, 15) is 14.9 Å². The van der Waals surface area contributed by atoms with Crippen LogP contribution in [-0.4, -0.2) is 24.0 Å². The van der Waals surface area contributed by atoms with Crippen molar-refractivity contribution in [1.82, 2.24) is 5.32 Å². The molecule has 8 heteroatoms. The Hall–Kier alpha value is -4.56. The van der Waals surface area contributed by atoms with Crippen molar-refractivity contribution in [3.63, 3.8) is 0 Å². The molecule has 6 rings (SSSR count). The summed E-state index contributed by atoms with van der Waals surface area (Å²) >= 11 is 0. The zero-order chi connectivity index (χ0) is 27.1. The Bertz CT molecular complexity index is 1560. The summed E-state index contributed by atoms with van der Waals surface area (Å²) < 4.78 is 20.6. The molecule has 1 spiro atoms. The maximum absolute atomic E-state index is 15.2. The average molecular weight is 524 g/mol. The zero-order valence-corrected chi connectivity index (χ0v) is 21.2. The van der Waals surface area contributed by atoms with Crippen molar-refractivity contribution in [2.24, 2.45) is 0 Å². The molecule has 0 bridgehead atoms. The van der Waals surface area contributed by atoms with Crippen molar-refractivity contribution < 1.29 is 18.8 Å². The van der Waals surface area contributed by atoms with Crippen molar-refractivity contribution >= 4 is 11.6 Å². The predicted octanol–water partition coefficient (Wildman–Crippen LogP) is 5.35. The zero-order valence-electron chi connectivity index (χ0n) is 21.2. The van der Waals surface area contributed by atoms with Gasteiger partial charge in [-0.05, 0) is 35.4 Å². The molecular formula is C31H26FN3O4. The molecule has 0 aromatic heterocycles. The summed E-state index contributed by atoms with van der Waals surface area (Å²) in [5.41, 5.74) is 1.42. The van der Waals surface area contributed by atoms with Crippen molar-refractivity contribution in [2.45, 2.75) is 30.1 Å². The molecule has 4 atom stereocenters. The monoisotopic (exact) mass is 523 g/mol. The van der Waals surface area contributed by atoms with Crippen LogP contribution >= 0.6 is 0 Å². The number of amides is 1. The van der Waals surface area contributed by atoms with Crippen LogP contribution in [0.4, 0.5) is 10.1 Å². The SMILES string of the molecule is COc1cccc([C@@H]2[C@H]([N+](=O)[O-])[C@H](c3ccccc3F)NC23C(=O)N(Cc2ccccc2)c2ccccc23)c1. The molecule has 2 aliphatic heterocycles. The topological polar surface area (TPSA) is 84.7 Å². The largest absolute Gasteiger partial charge is 0.497 e. The number of fused-ring (bicyclic) bond motifs is 2. The van der Waals surface area contributed by atoms with Crippen molar-refractivity contribution in [3.8, 4) is 5.75 Å². The minimum atomic E-state index is -1.51. The predicted molar refractivity (Wildman–Crippen MR) is 145 cm³/mol. The molecule has 7 nitrogen and oxygen atoms in total. The van der Waals surface area contributed by atoms with E-state index in [4.69, 9.17) is 4.74 Å². The van der Waals surface area contributed by atoms with E-state index in [1.165, 1.54) is 19.2 Å². The Morgan fingerprint density at radius 1 is 0.974 bits per heavy atom. The molecule has 1 fully saturated rings. The maximum atomic E-state index is 15.2. The van der Waals surface area contributed by atoms with Crippen molar-refractivity contribution in [1.29, 1.82) is 0 Å². The van der Waals surface area contributed by atoms with Gasteiger partial charge in [-0.1, -0.05) is 78.9 Å². The van der Waals surface area contributed by atoms with Gasteiger partial charge >= 0.3 is 0 Å². The minimum Gasteiger partial charge on any atom is -0.497 e.